The first kappa shape index (κ1) is 30.5. The Hall–Kier alpha value is -4.84. The van der Waals surface area contributed by atoms with Gasteiger partial charge in [-0.2, -0.15) is 5.10 Å². The molecule has 0 radical (unpaired) electrons. The summed E-state index contributed by atoms with van der Waals surface area (Å²) in [5.41, 5.74) is 8.16. The van der Waals surface area contributed by atoms with Crippen LogP contribution in [0.2, 0.25) is 5.02 Å². The van der Waals surface area contributed by atoms with Crippen LogP contribution in [0.4, 0.5) is 4.39 Å². The standard InChI is InChI=1S/C36H34ClFN8O2/c1-23-15-31(43-42-23)33-19-45(22-39-33)27-7-8-34-32(17-27)40-35(46(34)18-28-11-14-47-28)20-44-12-9-24(10-13-44)30-3-2-4-36(41-30)48-21-25-5-6-26(37)16-29(25)38/h2-9,15-17,19,22,28H,10-14,18,20-21H2,1H3,(H,42,43)/t28-/m0/s1. The fraction of sp³-hybridized carbons (Fsp3) is 0.278. The molecule has 6 aromatic rings. The van der Waals surface area contributed by atoms with Crippen LogP contribution >= 0.6 is 11.6 Å². The van der Waals surface area contributed by atoms with Gasteiger partial charge in [-0.1, -0.05) is 29.8 Å². The number of halogens is 2. The normalized spacial score (nSPS) is 16.6. The van der Waals surface area contributed by atoms with Crippen LogP contribution < -0.4 is 4.74 Å². The minimum Gasteiger partial charge on any atom is -0.473 e. The molecule has 0 aliphatic carbocycles. The number of pyridine rings is 1. The lowest BCUT2D eigenvalue weighted by atomic mass is 10.0. The number of imidazole rings is 2. The van der Waals surface area contributed by atoms with E-state index in [4.69, 9.17) is 31.0 Å². The lowest BCUT2D eigenvalue weighted by molar-refractivity contribution is -0.0591. The molecule has 0 bridgehead atoms. The van der Waals surface area contributed by atoms with Gasteiger partial charge >= 0.3 is 0 Å². The molecule has 0 saturated carbocycles. The van der Waals surface area contributed by atoms with E-state index in [1.165, 1.54) is 11.6 Å². The number of rotatable bonds is 10. The zero-order valence-corrected chi connectivity index (χ0v) is 27.2. The van der Waals surface area contributed by atoms with Crippen LogP contribution in [0.25, 0.3) is 33.7 Å². The first-order valence-electron chi connectivity index (χ1n) is 16.1. The van der Waals surface area contributed by atoms with Gasteiger partial charge in [-0.15, -0.1) is 0 Å². The van der Waals surface area contributed by atoms with Crippen molar-refractivity contribution in [3.8, 4) is 23.0 Å². The smallest absolute Gasteiger partial charge is 0.214 e. The average Bonchev–Trinajstić information content (AvgIpc) is 3.81. The molecule has 8 rings (SSSR count). The van der Waals surface area contributed by atoms with Crippen molar-refractivity contribution in [2.45, 2.75) is 45.6 Å². The minimum absolute atomic E-state index is 0.0783. The summed E-state index contributed by atoms with van der Waals surface area (Å²) in [5, 5.41) is 7.62. The molecule has 2 aliphatic rings. The molecule has 12 heteroatoms. The fourth-order valence-corrected chi connectivity index (χ4v) is 6.35. The summed E-state index contributed by atoms with van der Waals surface area (Å²) >= 11 is 5.88. The Morgan fingerprint density at radius 1 is 1.08 bits per heavy atom. The summed E-state index contributed by atoms with van der Waals surface area (Å²) in [7, 11) is 0. The van der Waals surface area contributed by atoms with Crippen molar-refractivity contribution in [3.05, 3.63) is 113 Å². The van der Waals surface area contributed by atoms with Gasteiger partial charge in [-0.05, 0) is 67.8 Å². The molecule has 0 unspecified atom stereocenters. The first-order chi connectivity index (χ1) is 23.4. The summed E-state index contributed by atoms with van der Waals surface area (Å²) in [5.74, 6) is 1.09. The molecule has 1 atom stereocenters. The Kier molecular flexibility index (Phi) is 8.25. The molecule has 48 heavy (non-hydrogen) atoms. The molecular weight excluding hydrogens is 631 g/mol. The number of hydrogen-bond acceptors (Lipinski definition) is 7. The van der Waals surface area contributed by atoms with E-state index in [1.807, 2.05) is 42.2 Å². The number of ether oxygens (including phenoxy) is 2. The third-order valence-corrected chi connectivity index (χ3v) is 9.19. The summed E-state index contributed by atoms with van der Waals surface area (Å²) in [6, 6.07) is 18.6. The molecule has 6 heterocycles. The second-order valence-corrected chi connectivity index (χ2v) is 12.7. The summed E-state index contributed by atoms with van der Waals surface area (Å²) in [4.78, 5) is 16.9. The van der Waals surface area contributed by atoms with Crippen LogP contribution in [0.5, 0.6) is 5.88 Å². The first-order valence-corrected chi connectivity index (χ1v) is 16.5. The van der Waals surface area contributed by atoms with Crippen molar-refractivity contribution in [2.24, 2.45) is 0 Å². The van der Waals surface area contributed by atoms with Crippen molar-refractivity contribution in [2.75, 3.05) is 19.7 Å². The zero-order valence-electron chi connectivity index (χ0n) is 26.4. The highest BCUT2D eigenvalue weighted by molar-refractivity contribution is 6.30. The van der Waals surface area contributed by atoms with Gasteiger partial charge in [-0.25, -0.2) is 19.3 Å². The monoisotopic (exact) mass is 664 g/mol. The maximum atomic E-state index is 14.2. The molecule has 244 valence electrons. The highest BCUT2D eigenvalue weighted by Crippen LogP contribution is 2.28. The van der Waals surface area contributed by atoms with Gasteiger partial charge in [0.05, 0.1) is 53.6 Å². The quantitative estimate of drug-likeness (QED) is 0.173. The molecule has 2 aliphatic heterocycles. The van der Waals surface area contributed by atoms with E-state index in [1.54, 1.807) is 18.2 Å². The van der Waals surface area contributed by atoms with E-state index in [9.17, 15) is 4.39 Å². The Bertz CT molecular complexity index is 2130. The van der Waals surface area contributed by atoms with Crippen molar-refractivity contribution >= 4 is 28.2 Å². The Morgan fingerprint density at radius 2 is 2.00 bits per heavy atom. The van der Waals surface area contributed by atoms with Crippen molar-refractivity contribution in [3.63, 3.8) is 0 Å². The summed E-state index contributed by atoms with van der Waals surface area (Å²) < 4.78 is 30.2. The van der Waals surface area contributed by atoms with Crippen LogP contribution in [0.15, 0.2) is 79.3 Å². The number of nitrogens with zero attached hydrogens (tertiary/aromatic N) is 7. The molecule has 1 N–H and O–H groups in total. The SMILES string of the molecule is Cc1cc(-c2cn(-c3ccc4c(c3)nc(CN3CC=C(c5cccc(OCc6ccc(Cl)cc6F)n5)CC3)n4C[C@@H]3CCO3)cn2)[nH]n1. The van der Waals surface area contributed by atoms with Gasteiger partial charge in [-0.3, -0.25) is 10.00 Å². The van der Waals surface area contributed by atoms with Gasteiger partial charge in [0.1, 0.15) is 23.9 Å². The number of aromatic nitrogens is 7. The maximum absolute atomic E-state index is 14.2. The highest BCUT2D eigenvalue weighted by atomic mass is 35.5. The number of fused-ring (bicyclic) bond motifs is 1. The molecule has 2 aromatic carbocycles. The van der Waals surface area contributed by atoms with Gasteiger partial charge in [0.2, 0.25) is 5.88 Å². The van der Waals surface area contributed by atoms with E-state index < -0.39 is 5.82 Å². The van der Waals surface area contributed by atoms with E-state index in [0.29, 0.717) is 16.5 Å². The van der Waals surface area contributed by atoms with E-state index in [2.05, 4.69) is 48.9 Å². The van der Waals surface area contributed by atoms with Crippen LogP contribution in [-0.4, -0.2) is 65.0 Å². The lowest BCUT2D eigenvalue weighted by Gasteiger charge is -2.29. The molecule has 10 nitrogen and oxygen atoms in total. The van der Waals surface area contributed by atoms with E-state index >= 15 is 0 Å². The lowest BCUT2D eigenvalue weighted by Crippen LogP contribution is -2.33. The Morgan fingerprint density at radius 3 is 2.77 bits per heavy atom. The number of hydrogen-bond donors (Lipinski definition) is 1. The van der Waals surface area contributed by atoms with Crippen LogP contribution in [-0.2, 0) is 24.4 Å². The van der Waals surface area contributed by atoms with Gasteiger partial charge < -0.3 is 18.6 Å². The average molecular weight is 665 g/mol. The fourth-order valence-electron chi connectivity index (χ4n) is 6.19. The van der Waals surface area contributed by atoms with Crippen molar-refractivity contribution < 1.29 is 13.9 Å². The van der Waals surface area contributed by atoms with Crippen molar-refractivity contribution in [1.29, 1.82) is 0 Å². The van der Waals surface area contributed by atoms with E-state index in [-0.39, 0.29) is 12.7 Å². The highest BCUT2D eigenvalue weighted by Gasteiger charge is 2.24. The van der Waals surface area contributed by atoms with Crippen LogP contribution in [0.3, 0.4) is 0 Å². The summed E-state index contributed by atoms with van der Waals surface area (Å²) in [6.07, 6.45) is 8.16. The second kappa shape index (κ2) is 13.0. The topological polar surface area (TPSA) is 98.9 Å². The maximum Gasteiger partial charge on any atom is 0.214 e. The minimum atomic E-state index is -0.393. The number of aryl methyl sites for hydroxylation is 1. The van der Waals surface area contributed by atoms with E-state index in [0.717, 1.165) is 90.9 Å². The molecule has 0 spiro atoms. The molecule has 4 aromatic heterocycles. The molecule has 1 saturated heterocycles. The predicted molar refractivity (Wildman–Crippen MR) is 181 cm³/mol. The number of benzene rings is 2. The third kappa shape index (κ3) is 6.36. The van der Waals surface area contributed by atoms with Crippen LogP contribution in [0.1, 0.15) is 35.6 Å². The third-order valence-electron chi connectivity index (χ3n) is 8.95. The number of nitrogens with one attached hydrogen (secondary N) is 1. The number of aromatic amines is 1. The molecule has 0 amide bonds. The van der Waals surface area contributed by atoms with Gasteiger partial charge in [0, 0.05) is 48.2 Å². The van der Waals surface area contributed by atoms with Crippen LogP contribution in [0, 0.1) is 12.7 Å². The molecule has 1 fully saturated rings. The predicted octanol–water partition coefficient (Wildman–Crippen LogP) is 6.77. The molecular formula is C36H34ClFN8O2. The van der Waals surface area contributed by atoms with Gasteiger partial charge in [0.15, 0.2) is 0 Å². The summed E-state index contributed by atoms with van der Waals surface area (Å²) in [6.45, 7) is 5.99. The Labute approximate surface area is 281 Å². The van der Waals surface area contributed by atoms with Gasteiger partial charge in [0.25, 0.3) is 0 Å². The zero-order chi connectivity index (χ0) is 32.6. The second-order valence-electron chi connectivity index (χ2n) is 12.3. The Balaban J connectivity index is 0.980. The largest absolute Gasteiger partial charge is 0.473 e. The van der Waals surface area contributed by atoms with Crippen molar-refractivity contribution in [1.82, 2.24) is 39.2 Å². The number of H-pyrrole nitrogens is 1.